The highest BCUT2D eigenvalue weighted by Gasteiger charge is 2.13. The van der Waals surface area contributed by atoms with E-state index in [2.05, 4.69) is 5.11 Å². The van der Waals surface area contributed by atoms with Gasteiger partial charge in [-0.1, -0.05) is 65.8 Å². The van der Waals surface area contributed by atoms with Gasteiger partial charge in [0.2, 0.25) is 0 Å². The molecule has 2 aromatic carbocycles. The van der Waals surface area contributed by atoms with Crippen molar-refractivity contribution in [3.05, 3.63) is 71.8 Å². The highest BCUT2D eigenvalue weighted by atomic mass is 16.2. The van der Waals surface area contributed by atoms with Crippen molar-refractivity contribution in [2.75, 3.05) is 0 Å². The second kappa shape index (κ2) is 6.44. The Labute approximate surface area is 112 Å². The van der Waals surface area contributed by atoms with Crippen molar-refractivity contribution in [3.63, 3.8) is 0 Å². The topological polar surface area (TPSA) is 56.5 Å². The van der Waals surface area contributed by atoms with Crippen LogP contribution in [0.25, 0.3) is 0 Å². The monoisotopic (exact) mass is 253 g/mol. The number of nitrogens with one attached hydrogen (secondary N) is 1. The van der Waals surface area contributed by atoms with Crippen LogP contribution in [0.15, 0.2) is 65.8 Å². The van der Waals surface area contributed by atoms with Crippen LogP contribution in [0, 0.1) is 5.53 Å². The maximum Gasteiger partial charge on any atom is 0.362 e. The predicted molar refractivity (Wildman–Crippen MR) is 72.7 cm³/mol. The van der Waals surface area contributed by atoms with Crippen molar-refractivity contribution in [1.82, 2.24) is 4.90 Å². The SMILES string of the molecule is N=NC(=O)N(Cc1ccccc1)Cc1ccccc1. The molecular formula is C15H15N3O. The van der Waals surface area contributed by atoms with E-state index in [1.807, 2.05) is 60.7 Å². The Morgan fingerprint density at radius 1 is 0.895 bits per heavy atom. The van der Waals surface area contributed by atoms with E-state index in [4.69, 9.17) is 5.53 Å². The number of hydrogen-bond acceptors (Lipinski definition) is 2. The van der Waals surface area contributed by atoms with Gasteiger partial charge in [-0.15, -0.1) is 0 Å². The third-order valence-corrected chi connectivity index (χ3v) is 2.80. The normalized spacial score (nSPS) is 9.89. The Kier molecular flexibility index (Phi) is 4.39. The summed E-state index contributed by atoms with van der Waals surface area (Å²) < 4.78 is 0. The molecule has 0 unspecified atom stereocenters. The molecule has 0 spiro atoms. The highest BCUT2D eigenvalue weighted by Crippen LogP contribution is 2.11. The lowest BCUT2D eigenvalue weighted by molar-refractivity contribution is 0.200. The van der Waals surface area contributed by atoms with E-state index in [0.29, 0.717) is 13.1 Å². The van der Waals surface area contributed by atoms with Crippen molar-refractivity contribution in [2.45, 2.75) is 13.1 Å². The van der Waals surface area contributed by atoms with Gasteiger partial charge in [0.05, 0.1) is 0 Å². The number of benzene rings is 2. The van der Waals surface area contributed by atoms with Gasteiger partial charge in [0.1, 0.15) is 0 Å². The van der Waals surface area contributed by atoms with Gasteiger partial charge in [0.25, 0.3) is 0 Å². The molecule has 0 saturated carbocycles. The summed E-state index contributed by atoms with van der Waals surface area (Å²) in [5, 5.41) is 3.02. The zero-order chi connectivity index (χ0) is 13.5. The smallest absolute Gasteiger partial charge is 0.313 e. The van der Waals surface area contributed by atoms with Gasteiger partial charge in [-0.2, -0.15) is 5.53 Å². The molecule has 1 N–H and O–H groups in total. The highest BCUT2D eigenvalue weighted by molar-refractivity contribution is 5.74. The minimum atomic E-state index is -0.521. The molecule has 0 bridgehead atoms. The molecule has 4 heteroatoms. The molecule has 0 heterocycles. The number of amides is 2. The van der Waals surface area contributed by atoms with E-state index in [-0.39, 0.29) is 0 Å². The Bertz CT molecular complexity index is 498. The van der Waals surface area contributed by atoms with E-state index in [1.54, 1.807) is 4.90 Å². The average Bonchev–Trinajstić information content (AvgIpc) is 2.48. The largest absolute Gasteiger partial charge is 0.362 e. The van der Waals surface area contributed by atoms with Crippen molar-refractivity contribution in [1.29, 1.82) is 5.53 Å². The molecule has 0 fully saturated rings. The first kappa shape index (κ1) is 13.0. The molecule has 96 valence electrons. The standard InChI is InChI=1S/C15H15N3O/c16-17-15(19)18(11-13-7-3-1-4-8-13)12-14-9-5-2-6-10-14/h1-10,16H,11-12H2. The van der Waals surface area contributed by atoms with E-state index in [0.717, 1.165) is 11.1 Å². The maximum absolute atomic E-state index is 11.7. The van der Waals surface area contributed by atoms with Crippen LogP contribution in [0.3, 0.4) is 0 Å². The van der Waals surface area contributed by atoms with Crippen LogP contribution < -0.4 is 0 Å². The van der Waals surface area contributed by atoms with E-state index in [9.17, 15) is 4.79 Å². The minimum Gasteiger partial charge on any atom is -0.313 e. The summed E-state index contributed by atoms with van der Waals surface area (Å²) >= 11 is 0. The van der Waals surface area contributed by atoms with Crippen LogP contribution >= 0.6 is 0 Å². The number of carbonyl (C=O) groups excluding carboxylic acids is 1. The summed E-state index contributed by atoms with van der Waals surface area (Å²) in [4.78, 5) is 13.2. The molecule has 0 aliphatic heterocycles. The van der Waals surface area contributed by atoms with Gasteiger partial charge in [0, 0.05) is 13.1 Å². The number of carbonyl (C=O) groups is 1. The molecule has 2 amide bonds. The van der Waals surface area contributed by atoms with Gasteiger partial charge < -0.3 is 4.90 Å². The molecule has 0 atom stereocenters. The zero-order valence-corrected chi connectivity index (χ0v) is 10.5. The molecule has 0 aliphatic rings. The van der Waals surface area contributed by atoms with Crippen molar-refractivity contribution >= 4 is 6.03 Å². The third kappa shape index (κ3) is 3.74. The van der Waals surface area contributed by atoms with Gasteiger partial charge in [-0.25, -0.2) is 4.79 Å². The number of urea groups is 1. The van der Waals surface area contributed by atoms with Crippen LogP contribution in [0.5, 0.6) is 0 Å². The third-order valence-electron chi connectivity index (χ3n) is 2.80. The lowest BCUT2D eigenvalue weighted by Gasteiger charge is -2.20. The Balaban J connectivity index is 2.13. The molecule has 0 aliphatic carbocycles. The van der Waals surface area contributed by atoms with E-state index >= 15 is 0 Å². The number of rotatable bonds is 4. The first-order chi connectivity index (χ1) is 9.29. The second-order valence-electron chi connectivity index (χ2n) is 4.22. The second-order valence-corrected chi connectivity index (χ2v) is 4.22. The molecule has 0 aromatic heterocycles. The van der Waals surface area contributed by atoms with Crippen LogP contribution in [0.4, 0.5) is 4.79 Å². The van der Waals surface area contributed by atoms with Crippen molar-refractivity contribution in [3.8, 4) is 0 Å². The van der Waals surface area contributed by atoms with Crippen LogP contribution in [-0.2, 0) is 13.1 Å². The molecule has 2 aromatic rings. The minimum absolute atomic E-state index is 0.455. The fourth-order valence-corrected chi connectivity index (χ4v) is 1.87. The van der Waals surface area contributed by atoms with Gasteiger partial charge in [-0.3, -0.25) is 0 Å². The fraction of sp³-hybridized carbons (Fsp3) is 0.133. The summed E-state index contributed by atoms with van der Waals surface area (Å²) in [6.07, 6.45) is 0. The molecule has 2 rings (SSSR count). The summed E-state index contributed by atoms with van der Waals surface area (Å²) in [6, 6.07) is 18.9. The molecule has 19 heavy (non-hydrogen) atoms. The summed E-state index contributed by atoms with van der Waals surface area (Å²) in [7, 11) is 0. The summed E-state index contributed by atoms with van der Waals surface area (Å²) in [5.74, 6) is 0. The van der Waals surface area contributed by atoms with Crippen LogP contribution in [0.1, 0.15) is 11.1 Å². The molecular weight excluding hydrogens is 238 g/mol. The van der Waals surface area contributed by atoms with Crippen LogP contribution in [0.2, 0.25) is 0 Å². The zero-order valence-electron chi connectivity index (χ0n) is 10.5. The fourth-order valence-electron chi connectivity index (χ4n) is 1.87. The number of hydrogen-bond donors (Lipinski definition) is 1. The predicted octanol–water partition coefficient (Wildman–Crippen LogP) is 3.84. The van der Waals surface area contributed by atoms with Gasteiger partial charge in [-0.05, 0) is 11.1 Å². The van der Waals surface area contributed by atoms with Gasteiger partial charge >= 0.3 is 6.03 Å². The maximum atomic E-state index is 11.7. The Hall–Kier alpha value is -2.49. The Morgan fingerprint density at radius 3 is 1.68 bits per heavy atom. The van der Waals surface area contributed by atoms with Crippen molar-refractivity contribution < 1.29 is 4.79 Å². The van der Waals surface area contributed by atoms with Crippen molar-refractivity contribution in [2.24, 2.45) is 5.11 Å². The Morgan fingerprint density at radius 2 is 1.32 bits per heavy atom. The molecule has 4 nitrogen and oxygen atoms in total. The van der Waals surface area contributed by atoms with E-state index < -0.39 is 6.03 Å². The lowest BCUT2D eigenvalue weighted by Crippen LogP contribution is -2.27. The first-order valence-electron chi connectivity index (χ1n) is 6.04. The number of nitrogens with zero attached hydrogens (tertiary/aromatic N) is 2. The molecule has 0 saturated heterocycles. The lowest BCUT2D eigenvalue weighted by atomic mass is 10.2. The van der Waals surface area contributed by atoms with E-state index in [1.165, 1.54) is 0 Å². The quantitative estimate of drug-likeness (QED) is 0.827. The van der Waals surface area contributed by atoms with Gasteiger partial charge in [0.15, 0.2) is 0 Å². The average molecular weight is 253 g/mol. The first-order valence-corrected chi connectivity index (χ1v) is 6.04. The summed E-state index contributed by atoms with van der Waals surface area (Å²) in [6.45, 7) is 0.911. The summed E-state index contributed by atoms with van der Waals surface area (Å²) in [5.41, 5.74) is 8.95. The van der Waals surface area contributed by atoms with Crippen LogP contribution in [-0.4, -0.2) is 10.9 Å². The molecule has 0 radical (unpaired) electrons.